The van der Waals surface area contributed by atoms with Crippen molar-refractivity contribution in [3.05, 3.63) is 52.4 Å². The van der Waals surface area contributed by atoms with Gasteiger partial charge in [-0.2, -0.15) is 0 Å². The van der Waals surface area contributed by atoms with Crippen LogP contribution in [-0.2, 0) is 0 Å². The molecule has 3 rings (SSSR count). The molecule has 1 aromatic carbocycles. The minimum Gasteiger partial charge on any atom is -0.493 e. The molecule has 0 aliphatic carbocycles. The Morgan fingerprint density at radius 3 is 2.95 bits per heavy atom. The van der Waals surface area contributed by atoms with Gasteiger partial charge in [-0.1, -0.05) is 25.1 Å². The van der Waals surface area contributed by atoms with Crippen LogP contribution < -0.4 is 10.1 Å². The second kappa shape index (κ2) is 5.39. The highest BCUT2D eigenvalue weighted by molar-refractivity contribution is 9.10. The van der Waals surface area contributed by atoms with E-state index in [1.165, 1.54) is 5.56 Å². The van der Waals surface area contributed by atoms with Crippen LogP contribution in [0.3, 0.4) is 0 Å². The third kappa shape index (κ3) is 2.30. The molecule has 0 spiro atoms. The Balaban J connectivity index is 1.96. The predicted molar refractivity (Wildman–Crippen MR) is 77.5 cm³/mol. The van der Waals surface area contributed by atoms with Crippen molar-refractivity contribution in [1.82, 2.24) is 5.32 Å². The summed E-state index contributed by atoms with van der Waals surface area (Å²) in [5.41, 5.74) is 1.25. The standard InChI is InChI=1S/C15H16BrNO2/c1-2-17-14(15-12(16)7-8-18-15)11-9-19-13-6-4-3-5-10(11)13/h3-8,11,14,17H,2,9H2,1H3. The van der Waals surface area contributed by atoms with Crippen molar-refractivity contribution in [2.24, 2.45) is 0 Å². The van der Waals surface area contributed by atoms with Crippen LogP contribution in [0.2, 0.25) is 0 Å². The van der Waals surface area contributed by atoms with Crippen LogP contribution in [-0.4, -0.2) is 13.2 Å². The fourth-order valence-corrected chi connectivity index (χ4v) is 3.08. The summed E-state index contributed by atoms with van der Waals surface area (Å²) in [6, 6.07) is 10.3. The minimum atomic E-state index is 0.123. The summed E-state index contributed by atoms with van der Waals surface area (Å²) in [4.78, 5) is 0. The van der Waals surface area contributed by atoms with E-state index in [4.69, 9.17) is 9.15 Å². The Labute approximate surface area is 121 Å². The predicted octanol–water partition coefficient (Wildman–Crippen LogP) is 3.87. The fraction of sp³-hybridized carbons (Fsp3) is 0.333. The second-order valence-corrected chi connectivity index (χ2v) is 5.48. The van der Waals surface area contributed by atoms with Gasteiger partial charge in [0.05, 0.1) is 23.4 Å². The summed E-state index contributed by atoms with van der Waals surface area (Å²) in [5, 5.41) is 3.50. The van der Waals surface area contributed by atoms with E-state index in [0.29, 0.717) is 6.61 Å². The third-order valence-electron chi connectivity index (χ3n) is 3.49. The third-order valence-corrected chi connectivity index (χ3v) is 4.15. The summed E-state index contributed by atoms with van der Waals surface area (Å²) in [6.45, 7) is 3.67. The first-order chi connectivity index (χ1) is 9.31. The van der Waals surface area contributed by atoms with Gasteiger partial charge >= 0.3 is 0 Å². The first-order valence-electron chi connectivity index (χ1n) is 6.49. The molecule has 100 valence electrons. The lowest BCUT2D eigenvalue weighted by atomic mass is 9.91. The van der Waals surface area contributed by atoms with Crippen molar-refractivity contribution in [2.75, 3.05) is 13.2 Å². The molecular weight excluding hydrogens is 306 g/mol. The molecule has 0 saturated heterocycles. The lowest BCUT2D eigenvalue weighted by molar-refractivity contribution is 0.283. The van der Waals surface area contributed by atoms with Crippen LogP contribution in [0.25, 0.3) is 0 Å². The minimum absolute atomic E-state index is 0.123. The van der Waals surface area contributed by atoms with Gasteiger partial charge in [0.15, 0.2) is 0 Å². The number of halogens is 1. The number of likely N-dealkylation sites (N-methyl/N-ethyl adjacent to an activating group) is 1. The lowest BCUT2D eigenvalue weighted by Crippen LogP contribution is -2.27. The maximum absolute atomic E-state index is 5.78. The number of rotatable bonds is 4. The largest absolute Gasteiger partial charge is 0.493 e. The van der Waals surface area contributed by atoms with Gasteiger partial charge in [0, 0.05) is 11.5 Å². The fourth-order valence-electron chi connectivity index (χ4n) is 2.63. The van der Waals surface area contributed by atoms with Crippen molar-refractivity contribution in [2.45, 2.75) is 18.9 Å². The zero-order chi connectivity index (χ0) is 13.2. The summed E-state index contributed by atoms with van der Waals surface area (Å²) in [5.74, 6) is 2.20. The number of furan rings is 1. The molecule has 19 heavy (non-hydrogen) atoms. The van der Waals surface area contributed by atoms with Gasteiger partial charge in [0.2, 0.25) is 0 Å². The number of hydrogen-bond acceptors (Lipinski definition) is 3. The van der Waals surface area contributed by atoms with Gasteiger partial charge in [-0.05, 0) is 34.6 Å². The highest BCUT2D eigenvalue weighted by Crippen LogP contribution is 2.42. The lowest BCUT2D eigenvalue weighted by Gasteiger charge is -2.22. The van der Waals surface area contributed by atoms with Crippen LogP contribution in [0.5, 0.6) is 5.75 Å². The number of benzene rings is 1. The molecular formula is C15H16BrNO2. The molecule has 2 aromatic rings. The van der Waals surface area contributed by atoms with Crippen LogP contribution in [0.4, 0.5) is 0 Å². The smallest absolute Gasteiger partial charge is 0.135 e. The zero-order valence-electron chi connectivity index (χ0n) is 10.7. The first kappa shape index (κ1) is 12.8. The normalized spacial score (nSPS) is 18.9. The van der Waals surface area contributed by atoms with Crippen LogP contribution in [0.15, 0.2) is 45.5 Å². The Morgan fingerprint density at radius 1 is 1.37 bits per heavy atom. The Hall–Kier alpha value is -1.26. The molecule has 4 heteroatoms. The van der Waals surface area contributed by atoms with E-state index in [-0.39, 0.29) is 12.0 Å². The molecule has 2 unspecified atom stereocenters. The second-order valence-electron chi connectivity index (χ2n) is 4.62. The topological polar surface area (TPSA) is 34.4 Å². The highest BCUT2D eigenvalue weighted by Gasteiger charge is 2.34. The van der Waals surface area contributed by atoms with Gasteiger partial charge in [0.1, 0.15) is 11.5 Å². The van der Waals surface area contributed by atoms with Crippen LogP contribution in [0, 0.1) is 0 Å². The van der Waals surface area contributed by atoms with Gasteiger partial charge in [-0.25, -0.2) is 0 Å². The Kier molecular flexibility index (Phi) is 3.62. The maximum Gasteiger partial charge on any atom is 0.135 e. The average molecular weight is 322 g/mol. The molecule has 3 nitrogen and oxygen atoms in total. The van der Waals surface area contributed by atoms with Crippen molar-refractivity contribution >= 4 is 15.9 Å². The van der Waals surface area contributed by atoms with Crippen LogP contribution in [0.1, 0.15) is 30.2 Å². The van der Waals surface area contributed by atoms with Crippen molar-refractivity contribution in [3.8, 4) is 5.75 Å². The van der Waals surface area contributed by atoms with E-state index in [1.807, 2.05) is 18.2 Å². The van der Waals surface area contributed by atoms with E-state index in [0.717, 1.165) is 22.5 Å². The Morgan fingerprint density at radius 2 is 2.21 bits per heavy atom. The average Bonchev–Trinajstić information content (AvgIpc) is 3.03. The quantitative estimate of drug-likeness (QED) is 0.928. The van der Waals surface area contributed by atoms with Crippen molar-refractivity contribution in [1.29, 1.82) is 0 Å². The van der Waals surface area contributed by atoms with Gasteiger partial charge in [0.25, 0.3) is 0 Å². The van der Waals surface area contributed by atoms with E-state index >= 15 is 0 Å². The summed E-state index contributed by atoms with van der Waals surface area (Å²) in [7, 11) is 0. The molecule has 2 heterocycles. The molecule has 0 fully saturated rings. The molecule has 2 atom stereocenters. The Bertz CT molecular complexity index is 567. The molecule has 1 aliphatic heterocycles. The van der Waals surface area contributed by atoms with Crippen molar-refractivity contribution < 1.29 is 9.15 Å². The number of hydrogen-bond donors (Lipinski definition) is 1. The van der Waals surface area contributed by atoms with Crippen molar-refractivity contribution in [3.63, 3.8) is 0 Å². The molecule has 1 N–H and O–H groups in total. The number of para-hydroxylation sites is 1. The first-order valence-corrected chi connectivity index (χ1v) is 7.28. The number of nitrogens with one attached hydrogen (secondary N) is 1. The van der Waals surface area contributed by atoms with Gasteiger partial charge in [-0.15, -0.1) is 0 Å². The summed E-state index contributed by atoms with van der Waals surface area (Å²) >= 11 is 3.55. The SMILES string of the molecule is CCNC(c1occc1Br)C1COc2ccccc21. The molecule has 0 radical (unpaired) electrons. The number of ether oxygens (including phenoxy) is 1. The van der Waals surface area contributed by atoms with Gasteiger partial charge in [-0.3, -0.25) is 0 Å². The van der Waals surface area contributed by atoms with E-state index in [2.05, 4.69) is 40.3 Å². The molecule has 1 aromatic heterocycles. The molecule has 0 saturated carbocycles. The molecule has 0 amide bonds. The highest BCUT2D eigenvalue weighted by atomic mass is 79.9. The van der Waals surface area contributed by atoms with E-state index < -0.39 is 0 Å². The maximum atomic E-state index is 5.78. The molecule has 1 aliphatic rings. The molecule has 0 bridgehead atoms. The van der Waals surface area contributed by atoms with E-state index in [9.17, 15) is 0 Å². The van der Waals surface area contributed by atoms with Crippen LogP contribution >= 0.6 is 15.9 Å². The van der Waals surface area contributed by atoms with Gasteiger partial charge < -0.3 is 14.5 Å². The summed E-state index contributed by atoms with van der Waals surface area (Å²) in [6.07, 6.45) is 1.71. The number of fused-ring (bicyclic) bond motifs is 1. The zero-order valence-corrected chi connectivity index (χ0v) is 12.3. The summed E-state index contributed by atoms with van der Waals surface area (Å²) < 4.78 is 12.4. The monoisotopic (exact) mass is 321 g/mol. The van der Waals surface area contributed by atoms with E-state index in [1.54, 1.807) is 6.26 Å².